The highest BCUT2D eigenvalue weighted by Crippen LogP contribution is 2.15. The number of para-hydroxylation sites is 1. The van der Waals surface area contributed by atoms with Crippen LogP contribution < -0.4 is 4.74 Å². The third-order valence-electron chi connectivity index (χ3n) is 2.55. The summed E-state index contributed by atoms with van der Waals surface area (Å²) in [6, 6.07) is 16.7. The van der Waals surface area contributed by atoms with Gasteiger partial charge in [0, 0.05) is 0 Å². The monoisotopic (exact) mass is 230 g/mol. The molecule has 1 nitrogen and oxygen atoms in total. The van der Waals surface area contributed by atoms with E-state index in [9.17, 15) is 4.39 Å². The molecule has 0 spiro atoms. The van der Waals surface area contributed by atoms with Gasteiger partial charge in [-0.15, -0.1) is 0 Å². The SMILES string of the molecule is Fc1ccccc1OCCCc1ccccc1. The zero-order chi connectivity index (χ0) is 11.9. The Balaban J connectivity index is 1.76. The van der Waals surface area contributed by atoms with Crippen molar-refractivity contribution in [2.24, 2.45) is 0 Å². The van der Waals surface area contributed by atoms with Crippen LogP contribution in [0.5, 0.6) is 5.75 Å². The molecule has 0 aromatic heterocycles. The van der Waals surface area contributed by atoms with Gasteiger partial charge in [-0.05, 0) is 30.5 Å². The maximum absolute atomic E-state index is 13.2. The van der Waals surface area contributed by atoms with E-state index in [2.05, 4.69) is 12.1 Å². The Bertz CT molecular complexity index is 453. The molecule has 0 N–H and O–H groups in total. The van der Waals surface area contributed by atoms with Crippen LogP contribution in [0.4, 0.5) is 4.39 Å². The van der Waals surface area contributed by atoms with Gasteiger partial charge in [0.25, 0.3) is 0 Å². The molecule has 0 radical (unpaired) electrons. The maximum atomic E-state index is 13.2. The van der Waals surface area contributed by atoms with E-state index in [0.717, 1.165) is 12.8 Å². The molecule has 0 atom stereocenters. The van der Waals surface area contributed by atoms with Gasteiger partial charge in [-0.1, -0.05) is 42.5 Å². The van der Waals surface area contributed by atoms with E-state index < -0.39 is 0 Å². The molecule has 88 valence electrons. The zero-order valence-electron chi connectivity index (χ0n) is 9.60. The number of halogens is 1. The van der Waals surface area contributed by atoms with Crippen LogP contribution in [0.15, 0.2) is 54.6 Å². The Kier molecular flexibility index (Phi) is 4.14. The largest absolute Gasteiger partial charge is 0.491 e. The molecule has 0 unspecified atom stereocenters. The lowest BCUT2D eigenvalue weighted by molar-refractivity contribution is 0.295. The summed E-state index contributed by atoms with van der Waals surface area (Å²) in [6.45, 7) is 0.538. The Morgan fingerprint density at radius 1 is 0.882 bits per heavy atom. The van der Waals surface area contributed by atoms with Crippen molar-refractivity contribution in [3.8, 4) is 5.75 Å². The third kappa shape index (κ3) is 3.59. The van der Waals surface area contributed by atoms with Crippen LogP contribution >= 0.6 is 0 Å². The van der Waals surface area contributed by atoms with Crippen molar-refractivity contribution in [3.63, 3.8) is 0 Å². The molecule has 0 aliphatic heterocycles. The highest BCUT2D eigenvalue weighted by Gasteiger charge is 2.00. The average Bonchev–Trinajstić information content (AvgIpc) is 2.38. The molecule has 0 aliphatic carbocycles. The van der Waals surface area contributed by atoms with Gasteiger partial charge in [0.1, 0.15) is 0 Å². The van der Waals surface area contributed by atoms with Gasteiger partial charge >= 0.3 is 0 Å². The molecule has 17 heavy (non-hydrogen) atoms. The van der Waals surface area contributed by atoms with E-state index in [4.69, 9.17) is 4.74 Å². The van der Waals surface area contributed by atoms with Crippen molar-refractivity contribution < 1.29 is 9.13 Å². The Morgan fingerprint density at radius 2 is 1.59 bits per heavy atom. The number of hydrogen-bond donors (Lipinski definition) is 0. The Morgan fingerprint density at radius 3 is 2.35 bits per heavy atom. The first-order valence-electron chi connectivity index (χ1n) is 5.77. The fourth-order valence-corrected chi connectivity index (χ4v) is 1.66. The second-order valence-electron chi connectivity index (χ2n) is 3.87. The van der Waals surface area contributed by atoms with Crippen molar-refractivity contribution in [2.45, 2.75) is 12.8 Å². The molecule has 2 rings (SSSR count). The Hall–Kier alpha value is -1.83. The number of hydrogen-bond acceptors (Lipinski definition) is 1. The van der Waals surface area contributed by atoms with Crippen LogP contribution in [0.2, 0.25) is 0 Å². The van der Waals surface area contributed by atoms with Crippen molar-refractivity contribution in [1.29, 1.82) is 0 Å². The minimum absolute atomic E-state index is 0.299. The predicted octanol–water partition coefficient (Wildman–Crippen LogP) is 3.84. The van der Waals surface area contributed by atoms with Gasteiger partial charge < -0.3 is 4.74 Å². The molecule has 2 aromatic rings. The third-order valence-corrected chi connectivity index (χ3v) is 2.55. The van der Waals surface area contributed by atoms with Gasteiger partial charge in [0.2, 0.25) is 0 Å². The van der Waals surface area contributed by atoms with Gasteiger partial charge in [-0.25, -0.2) is 4.39 Å². The van der Waals surface area contributed by atoms with E-state index in [1.54, 1.807) is 18.2 Å². The summed E-state index contributed by atoms with van der Waals surface area (Å²) in [4.78, 5) is 0. The van der Waals surface area contributed by atoms with Crippen LogP contribution in [0.25, 0.3) is 0 Å². The van der Waals surface area contributed by atoms with Crippen molar-refractivity contribution in [3.05, 3.63) is 66.0 Å². The average molecular weight is 230 g/mol. The first-order chi connectivity index (χ1) is 8.36. The fraction of sp³-hybridized carbons (Fsp3) is 0.200. The number of ether oxygens (including phenoxy) is 1. The van der Waals surface area contributed by atoms with E-state index in [-0.39, 0.29) is 5.82 Å². The summed E-state index contributed by atoms with van der Waals surface area (Å²) in [7, 11) is 0. The van der Waals surface area contributed by atoms with Crippen LogP contribution in [-0.4, -0.2) is 6.61 Å². The van der Waals surface area contributed by atoms with Crippen LogP contribution in [0.3, 0.4) is 0 Å². The molecule has 0 heterocycles. The van der Waals surface area contributed by atoms with E-state index in [1.165, 1.54) is 11.6 Å². The summed E-state index contributed by atoms with van der Waals surface area (Å²) >= 11 is 0. The lowest BCUT2D eigenvalue weighted by Gasteiger charge is -2.06. The lowest BCUT2D eigenvalue weighted by atomic mass is 10.1. The quantitative estimate of drug-likeness (QED) is 0.709. The summed E-state index contributed by atoms with van der Waals surface area (Å²) in [6.07, 6.45) is 1.84. The number of rotatable bonds is 5. The molecule has 2 heteroatoms. The van der Waals surface area contributed by atoms with Gasteiger partial charge in [0.15, 0.2) is 11.6 Å². The summed E-state index contributed by atoms with van der Waals surface area (Å²) in [5, 5.41) is 0. The fourth-order valence-electron chi connectivity index (χ4n) is 1.66. The second-order valence-corrected chi connectivity index (χ2v) is 3.87. The highest BCUT2D eigenvalue weighted by atomic mass is 19.1. The second kappa shape index (κ2) is 6.04. The van der Waals surface area contributed by atoms with E-state index >= 15 is 0 Å². The van der Waals surface area contributed by atoms with Crippen molar-refractivity contribution in [1.82, 2.24) is 0 Å². The molecule has 0 aliphatic rings. The van der Waals surface area contributed by atoms with Crippen LogP contribution in [0.1, 0.15) is 12.0 Å². The molecule has 0 fully saturated rings. The van der Waals surface area contributed by atoms with Crippen LogP contribution in [-0.2, 0) is 6.42 Å². The van der Waals surface area contributed by atoms with Crippen molar-refractivity contribution in [2.75, 3.05) is 6.61 Å². The normalized spacial score (nSPS) is 10.2. The number of aryl methyl sites for hydroxylation is 1. The van der Waals surface area contributed by atoms with Gasteiger partial charge in [-0.2, -0.15) is 0 Å². The molecule has 2 aromatic carbocycles. The molecule has 0 saturated heterocycles. The zero-order valence-corrected chi connectivity index (χ0v) is 9.60. The standard InChI is InChI=1S/C15H15FO/c16-14-10-4-5-11-15(14)17-12-6-9-13-7-2-1-3-8-13/h1-5,7-8,10-11H,6,9,12H2. The smallest absolute Gasteiger partial charge is 0.165 e. The van der Waals surface area contributed by atoms with Crippen LogP contribution in [0, 0.1) is 5.82 Å². The highest BCUT2D eigenvalue weighted by molar-refractivity contribution is 5.23. The minimum Gasteiger partial charge on any atom is -0.491 e. The first kappa shape index (κ1) is 11.6. The van der Waals surface area contributed by atoms with Crippen molar-refractivity contribution >= 4 is 0 Å². The molecule has 0 saturated carbocycles. The molecular formula is C15H15FO. The Labute approximate surface area is 101 Å². The summed E-state index contributed by atoms with van der Waals surface area (Å²) in [5.41, 5.74) is 1.28. The maximum Gasteiger partial charge on any atom is 0.165 e. The summed E-state index contributed by atoms with van der Waals surface area (Å²) in [5.74, 6) is 0.0350. The molecular weight excluding hydrogens is 215 g/mol. The van der Waals surface area contributed by atoms with E-state index in [0.29, 0.717) is 12.4 Å². The predicted molar refractivity (Wildman–Crippen MR) is 66.7 cm³/mol. The molecule has 0 amide bonds. The van der Waals surface area contributed by atoms with Gasteiger partial charge in [-0.3, -0.25) is 0 Å². The summed E-state index contributed by atoms with van der Waals surface area (Å²) < 4.78 is 18.6. The lowest BCUT2D eigenvalue weighted by Crippen LogP contribution is -2.00. The first-order valence-corrected chi connectivity index (χ1v) is 5.77. The van der Waals surface area contributed by atoms with Gasteiger partial charge in [0.05, 0.1) is 6.61 Å². The minimum atomic E-state index is -0.299. The van der Waals surface area contributed by atoms with E-state index in [1.807, 2.05) is 18.2 Å². The topological polar surface area (TPSA) is 9.23 Å². The molecule has 0 bridgehead atoms. The number of benzene rings is 2.